The molecule has 0 spiro atoms. The van der Waals surface area contributed by atoms with Gasteiger partial charge in [0.25, 0.3) is 0 Å². The number of rotatable bonds is 2. The van der Waals surface area contributed by atoms with E-state index >= 15 is 0 Å². The number of methoxy groups -OCH3 is 1. The summed E-state index contributed by atoms with van der Waals surface area (Å²) >= 11 is 5.78. The lowest BCUT2D eigenvalue weighted by molar-refractivity contribution is 0.112. The number of hydrogen-bond donors (Lipinski definition) is 0. The van der Waals surface area contributed by atoms with E-state index in [4.69, 9.17) is 16.3 Å². The first-order chi connectivity index (χ1) is 7.17. The molecule has 0 aliphatic heterocycles. The minimum Gasteiger partial charge on any atom is -0.479 e. The fraction of sp³-hybridized carbons (Fsp3) is 0.222. The number of carbonyl (C=O) groups excluding carboxylic acids is 1. The van der Waals surface area contributed by atoms with E-state index in [9.17, 15) is 4.79 Å². The molecule has 6 heteroatoms. The van der Waals surface area contributed by atoms with E-state index in [-0.39, 0.29) is 10.8 Å². The van der Waals surface area contributed by atoms with Crippen molar-refractivity contribution in [2.24, 2.45) is 7.05 Å². The Morgan fingerprint density at radius 2 is 2.33 bits per heavy atom. The van der Waals surface area contributed by atoms with Gasteiger partial charge in [0.2, 0.25) is 5.88 Å². The molecular formula is C9H8ClN3O2. The Labute approximate surface area is 90.6 Å². The van der Waals surface area contributed by atoms with Crippen LogP contribution in [0.1, 0.15) is 10.5 Å². The van der Waals surface area contributed by atoms with Crippen molar-refractivity contribution in [3.63, 3.8) is 0 Å². The molecule has 2 heterocycles. The number of aryl methyl sites for hydroxylation is 1. The molecule has 0 aliphatic carbocycles. The van der Waals surface area contributed by atoms with Crippen LogP contribution in [0.5, 0.6) is 5.88 Å². The average molecular weight is 226 g/mol. The second kappa shape index (κ2) is 3.51. The summed E-state index contributed by atoms with van der Waals surface area (Å²) in [5, 5.41) is 4.94. The van der Waals surface area contributed by atoms with Gasteiger partial charge < -0.3 is 4.74 Å². The van der Waals surface area contributed by atoms with Crippen molar-refractivity contribution >= 4 is 28.8 Å². The van der Waals surface area contributed by atoms with Gasteiger partial charge in [0.05, 0.1) is 18.0 Å². The normalized spacial score (nSPS) is 10.6. The van der Waals surface area contributed by atoms with Crippen LogP contribution in [0.25, 0.3) is 10.9 Å². The Balaban J connectivity index is 2.92. The highest BCUT2D eigenvalue weighted by atomic mass is 35.5. The second-order valence-corrected chi connectivity index (χ2v) is 3.36. The number of carbonyl (C=O) groups is 1. The summed E-state index contributed by atoms with van der Waals surface area (Å²) in [6, 6.07) is 1.64. The molecule has 2 rings (SSSR count). The van der Waals surface area contributed by atoms with E-state index in [0.29, 0.717) is 23.1 Å². The number of pyridine rings is 1. The van der Waals surface area contributed by atoms with Gasteiger partial charge in [-0.15, -0.1) is 5.10 Å². The number of ether oxygens (including phenoxy) is 1. The third-order valence-electron chi connectivity index (χ3n) is 2.10. The highest BCUT2D eigenvalue weighted by Gasteiger charge is 2.15. The largest absolute Gasteiger partial charge is 0.479 e. The van der Waals surface area contributed by atoms with Gasteiger partial charge in [0.1, 0.15) is 10.8 Å². The lowest BCUT2D eigenvalue weighted by atomic mass is 10.2. The number of aldehydes is 1. The SMILES string of the molecule is COc1nn(C)c2cc(Cl)nc(C=O)c12. The molecule has 0 aliphatic rings. The molecular weight excluding hydrogens is 218 g/mol. The summed E-state index contributed by atoms with van der Waals surface area (Å²) in [4.78, 5) is 14.7. The molecule has 15 heavy (non-hydrogen) atoms. The maximum Gasteiger partial charge on any atom is 0.242 e. The lowest BCUT2D eigenvalue weighted by Crippen LogP contribution is -1.92. The predicted octanol–water partition coefficient (Wildman–Crippen LogP) is 1.44. The predicted molar refractivity (Wildman–Crippen MR) is 55.5 cm³/mol. The Kier molecular flexibility index (Phi) is 2.32. The van der Waals surface area contributed by atoms with E-state index in [1.54, 1.807) is 17.8 Å². The molecule has 0 saturated carbocycles. The number of nitrogens with zero attached hydrogens (tertiary/aromatic N) is 3. The maximum atomic E-state index is 10.8. The summed E-state index contributed by atoms with van der Waals surface area (Å²) in [6.45, 7) is 0. The third kappa shape index (κ3) is 1.45. The van der Waals surface area contributed by atoms with Gasteiger partial charge in [-0.25, -0.2) is 4.98 Å². The highest BCUT2D eigenvalue weighted by molar-refractivity contribution is 6.30. The molecule has 0 N–H and O–H groups in total. The molecule has 0 unspecified atom stereocenters. The van der Waals surface area contributed by atoms with Crippen LogP contribution in [-0.4, -0.2) is 28.2 Å². The third-order valence-corrected chi connectivity index (χ3v) is 2.30. The van der Waals surface area contributed by atoms with Crippen LogP contribution >= 0.6 is 11.6 Å². The molecule has 0 atom stereocenters. The van der Waals surface area contributed by atoms with Crippen LogP contribution in [0.2, 0.25) is 5.15 Å². The lowest BCUT2D eigenvalue weighted by Gasteiger charge is -1.98. The Morgan fingerprint density at radius 1 is 1.60 bits per heavy atom. The summed E-state index contributed by atoms with van der Waals surface area (Å²) in [6.07, 6.45) is 0.637. The van der Waals surface area contributed by atoms with Crippen molar-refractivity contribution in [3.8, 4) is 5.88 Å². The molecule has 0 amide bonds. The number of halogens is 1. The summed E-state index contributed by atoms with van der Waals surface area (Å²) in [7, 11) is 3.24. The zero-order chi connectivity index (χ0) is 11.0. The van der Waals surface area contributed by atoms with Gasteiger partial charge in [0, 0.05) is 13.1 Å². The molecule has 0 radical (unpaired) electrons. The van der Waals surface area contributed by atoms with Crippen LogP contribution in [0, 0.1) is 0 Å². The van der Waals surface area contributed by atoms with Crippen molar-refractivity contribution in [3.05, 3.63) is 16.9 Å². The number of aromatic nitrogens is 3. The molecule has 5 nitrogen and oxygen atoms in total. The smallest absolute Gasteiger partial charge is 0.242 e. The van der Waals surface area contributed by atoms with Gasteiger partial charge in [-0.05, 0) is 0 Å². The fourth-order valence-electron chi connectivity index (χ4n) is 1.46. The van der Waals surface area contributed by atoms with Gasteiger partial charge in [-0.1, -0.05) is 11.6 Å². The van der Waals surface area contributed by atoms with E-state index in [0.717, 1.165) is 0 Å². The summed E-state index contributed by atoms with van der Waals surface area (Å²) in [5.74, 6) is 0.374. The standard InChI is InChI=1S/C9H8ClN3O2/c1-13-6-3-7(10)11-5(4-14)8(6)9(12-13)15-2/h3-4H,1-2H3. The van der Waals surface area contributed by atoms with Crippen LogP contribution < -0.4 is 4.74 Å². The van der Waals surface area contributed by atoms with Gasteiger partial charge in [-0.2, -0.15) is 0 Å². The van der Waals surface area contributed by atoms with E-state index < -0.39 is 0 Å². The zero-order valence-electron chi connectivity index (χ0n) is 8.19. The minimum absolute atomic E-state index is 0.238. The topological polar surface area (TPSA) is 57.0 Å². The molecule has 0 aromatic carbocycles. The second-order valence-electron chi connectivity index (χ2n) is 2.98. The molecule has 2 aromatic rings. The molecule has 0 saturated heterocycles. The number of hydrogen-bond acceptors (Lipinski definition) is 4. The van der Waals surface area contributed by atoms with Crippen LogP contribution in [0.4, 0.5) is 0 Å². The minimum atomic E-state index is 0.238. The zero-order valence-corrected chi connectivity index (χ0v) is 8.95. The Morgan fingerprint density at radius 3 is 2.93 bits per heavy atom. The average Bonchev–Trinajstić information content (AvgIpc) is 2.55. The molecule has 2 aromatic heterocycles. The van der Waals surface area contributed by atoms with Crippen LogP contribution in [0.3, 0.4) is 0 Å². The number of fused-ring (bicyclic) bond motifs is 1. The maximum absolute atomic E-state index is 10.8. The van der Waals surface area contributed by atoms with Crippen LogP contribution in [-0.2, 0) is 7.05 Å². The Bertz CT molecular complexity index is 536. The quantitative estimate of drug-likeness (QED) is 0.573. The van der Waals surface area contributed by atoms with Crippen molar-refractivity contribution in [2.75, 3.05) is 7.11 Å². The van der Waals surface area contributed by atoms with E-state index in [2.05, 4.69) is 10.1 Å². The van der Waals surface area contributed by atoms with E-state index in [1.807, 2.05) is 0 Å². The summed E-state index contributed by atoms with van der Waals surface area (Å²) in [5.41, 5.74) is 0.955. The van der Waals surface area contributed by atoms with E-state index in [1.165, 1.54) is 7.11 Å². The highest BCUT2D eigenvalue weighted by Crippen LogP contribution is 2.27. The molecule has 0 fully saturated rings. The monoisotopic (exact) mass is 225 g/mol. The van der Waals surface area contributed by atoms with Crippen LogP contribution in [0.15, 0.2) is 6.07 Å². The van der Waals surface area contributed by atoms with Crippen molar-refractivity contribution in [2.45, 2.75) is 0 Å². The first kappa shape index (κ1) is 9.92. The van der Waals surface area contributed by atoms with Gasteiger partial charge >= 0.3 is 0 Å². The Hall–Kier alpha value is -1.62. The fourth-order valence-corrected chi connectivity index (χ4v) is 1.66. The van der Waals surface area contributed by atoms with Crippen molar-refractivity contribution < 1.29 is 9.53 Å². The van der Waals surface area contributed by atoms with Gasteiger partial charge in [-0.3, -0.25) is 9.48 Å². The first-order valence-corrected chi connectivity index (χ1v) is 4.57. The van der Waals surface area contributed by atoms with Gasteiger partial charge in [0.15, 0.2) is 6.29 Å². The first-order valence-electron chi connectivity index (χ1n) is 4.19. The summed E-state index contributed by atoms with van der Waals surface area (Å²) < 4.78 is 6.65. The molecule has 0 bridgehead atoms. The van der Waals surface area contributed by atoms with Crippen molar-refractivity contribution in [1.29, 1.82) is 0 Å². The van der Waals surface area contributed by atoms with Crippen molar-refractivity contribution in [1.82, 2.24) is 14.8 Å². The molecule has 78 valence electrons.